The van der Waals surface area contributed by atoms with Gasteiger partial charge in [0, 0.05) is 23.9 Å². The number of hydrogen-bond acceptors (Lipinski definition) is 4. The van der Waals surface area contributed by atoms with Crippen molar-refractivity contribution < 1.29 is 0 Å². The van der Waals surface area contributed by atoms with E-state index in [1.165, 1.54) is 30.3 Å². The van der Waals surface area contributed by atoms with E-state index in [1.54, 1.807) is 0 Å². The van der Waals surface area contributed by atoms with Crippen molar-refractivity contribution in [3.8, 4) is 0 Å². The summed E-state index contributed by atoms with van der Waals surface area (Å²) < 4.78 is 0. The van der Waals surface area contributed by atoms with Gasteiger partial charge < -0.3 is 10.2 Å². The first-order valence-electron chi connectivity index (χ1n) is 7.46. The molecule has 1 aliphatic heterocycles. The van der Waals surface area contributed by atoms with Gasteiger partial charge in [-0.2, -0.15) is 5.10 Å². The van der Waals surface area contributed by atoms with E-state index in [4.69, 9.17) is 0 Å². The molecule has 3 rings (SSSR count). The average molecular weight is 270 g/mol. The fourth-order valence-electron chi connectivity index (χ4n) is 2.98. The predicted octanol–water partition coefficient (Wildman–Crippen LogP) is 2.69. The molecule has 4 nitrogen and oxygen atoms in total. The average Bonchev–Trinajstić information content (AvgIpc) is 2.95. The summed E-state index contributed by atoms with van der Waals surface area (Å²) in [6.07, 6.45) is 1.28. The Hall–Kier alpha value is -1.68. The van der Waals surface area contributed by atoms with Crippen LogP contribution >= 0.6 is 0 Å². The van der Waals surface area contributed by atoms with Crippen molar-refractivity contribution in [2.75, 3.05) is 31.5 Å². The maximum atomic E-state index is 4.33. The summed E-state index contributed by atoms with van der Waals surface area (Å²) in [6, 6.07) is 8.34. The van der Waals surface area contributed by atoms with Crippen LogP contribution in [0.25, 0.3) is 10.8 Å². The lowest BCUT2D eigenvalue weighted by Gasteiger charge is -2.15. The number of benzene rings is 1. The predicted molar refractivity (Wildman–Crippen MR) is 83.0 cm³/mol. The summed E-state index contributed by atoms with van der Waals surface area (Å²) in [7, 11) is 0. The van der Waals surface area contributed by atoms with Crippen molar-refractivity contribution in [2.45, 2.75) is 20.3 Å². The zero-order valence-corrected chi connectivity index (χ0v) is 12.3. The molecule has 1 saturated heterocycles. The zero-order valence-electron chi connectivity index (χ0n) is 12.3. The second kappa shape index (κ2) is 5.75. The van der Waals surface area contributed by atoms with E-state index >= 15 is 0 Å². The van der Waals surface area contributed by atoms with E-state index in [-0.39, 0.29) is 0 Å². The molecular weight excluding hydrogens is 248 g/mol. The van der Waals surface area contributed by atoms with Crippen molar-refractivity contribution in [3.63, 3.8) is 0 Å². The highest BCUT2D eigenvalue weighted by molar-refractivity contribution is 5.92. The zero-order chi connectivity index (χ0) is 13.9. The molecule has 2 aromatic rings. The molecular formula is C16H22N4. The van der Waals surface area contributed by atoms with Gasteiger partial charge in [0.1, 0.15) is 0 Å². The van der Waals surface area contributed by atoms with Crippen molar-refractivity contribution >= 4 is 16.6 Å². The summed E-state index contributed by atoms with van der Waals surface area (Å²) in [4.78, 5) is 2.51. The Balaban J connectivity index is 1.74. The number of nitrogens with one attached hydrogen (secondary N) is 1. The van der Waals surface area contributed by atoms with E-state index in [0.29, 0.717) is 0 Å². The van der Waals surface area contributed by atoms with Gasteiger partial charge in [-0.3, -0.25) is 0 Å². The minimum absolute atomic E-state index is 0.719. The van der Waals surface area contributed by atoms with Gasteiger partial charge in [-0.05, 0) is 32.4 Å². The molecule has 1 fully saturated rings. The number of aromatic nitrogens is 2. The summed E-state index contributed by atoms with van der Waals surface area (Å²) in [5.74, 6) is 1.64. The van der Waals surface area contributed by atoms with Crippen LogP contribution in [0.15, 0.2) is 24.3 Å². The molecule has 0 spiro atoms. The third kappa shape index (κ3) is 2.61. The van der Waals surface area contributed by atoms with Gasteiger partial charge >= 0.3 is 0 Å². The minimum atomic E-state index is 0.719. The van der Waals surface area contributed by atoms with Crippen LogP contribution in [0.5, 0.6) is 0 Å². The third-order valence-electron chi connectivity index (χ3n) is 4.25. The lowest BCUT2D eigenvalue weighted by molar-refractivity contribution is 0.345. The number of hydrogen-bond donors (Lipinski definition) is 1. The Morgan fingerprint density at radius 3 is 2.80 bits per heavy atom. The van der Waals surface area contributed by atoms with E-state index in [1.807, 2.05) is 6.92 Å². The highest BCUT2D eigenvalue weighted by Crippen LogP contribution is 2.23. The smallest absolute Gasteiger partial charge is 0.156 e. The molecule has 0 bridgehead atoms. The van der Waals surface area contributed by atoms with E-state index in [0.717, 1.165) is 30.5 Å². The summed E-state index contributed by atoms with van der Waals surface area (Å²) in [5.41, 5.74) is 0.990. The van der Waals surface area contributed by atoms with Gasteiger partial charge in [0.25, 0.3) is 0 Å². The van der Waals surface area contributed by atoms with Crippen molar-refractivity contribution in [1.29, 1.82) is 0 Å². The molecule has 106 valence electrons. The molecule has 0 radical (unpaired) electrons. The van der Waals surface area contributed by atoms with Crippen LogP contribution in [-0.2, 0) is 0 Å². The second-order valence-corrected chi connectivity index (χ2v) is 5.61. The van der Waals surface area contributed by atoms with Crippen molar-refractivity contribution in [3.05, 3.63) is 30.0 Å². The number of likely N-dealkylation sites (tertiary alicyclic amines) is 1. The lowest BCUT2D eigenvalue weighted by atomic mass is 10.1. The first-order valence-corrected chi connectivity index (χ1v) is 7.46. The van der Waals surface area contributed by atoms with Gasteiger partial charge in [0.05, 0.1) is 5.69 Å². The first-order chi connectivity index (χ1) is 9.78. The Bertz CT molecular complexity index is 596. The molecule has 0 amide bonds. The van der Waals surface area contributed by atoms with Crippen LogP contribution in [0.4, 0.5) is 5.82 Å². The molecule has 1 unspecified atom stereocenters. The summed E-state index contributed by atoms with van der Waals surface area (Å²) >= 11 is 0. The fourth-order valence-corrected chi connectivity index (χ4v) is 2.98. The van der Waals surface area contributed by atoms with Crippen molar-refractivity contribution in [1.82, 2.24) is 15.1 Å². The van der Waals surface area contributed by atoms with Gasteiger partial charge in [0.15, 0.2) is 5.82 Å². The van der Waals surface area contributed by atoms with Gasteiger partial charge in [-0.15, -0.1) is 5.10 Å². The Labute approximate surface area is 120 Å². The van der Waals surface area contributed by atoms with Crippen LogP contribution in [-0.4, -0.2) is 41.3 Å². The van der Waals surface area contributed by atoms with Crippen LogP contribution < -0.4 is 5.32 Å². The molecule has 0 aliphatic carbocycles. The molecule has 1 aliphatic rings. The van der Waals surface area contributed by atoms with Crippen molar-refractivity contribution in [2.24, 2.45) is 5.92 Å². The van der Waals surface area contributed by atoms with Crippen LogP contribution in [0.2, 0.25) is 0 Å². The quantitative estimate of drug-likeness (QED) is 0.927. The van der Waals surface area contributed by atoms with Gasteiger partial charge in [0.2, 0.25) is 0 Å². The fraction of sp³-hybridized carbons (Fsp3) is 0.500. The highest BCUT2D eigenvalue weighted by atomic mass is 15.2. The molecule has 1 aromatic carbocycles. The van der Waals surface area contributed by atoms with Crippen LogP contribution in [0.1, 0.15) is 19.0 Å². The lowest BCUT2D eigenvalue weighted by Crippen LogP contribution is -2.22. The molecule has 4 heteroatoms. The number of nitrogens with zero attached hydrogens (tertiary/aromatic N) is 3. The van der Waals surface area contributed by atoms with Gasteiger partial charge in [-0.1, -0.05) is 31.2 Å². The van der Waals surface area contributed by atoms with Crippen LogP contribution in [0.3, 0.4) is 0 Å². The van der Waals surface area contributed by atoms with E-state index in [9.17, 15) is 0 Å². The largest absolute Gasteiger partial charge is 0.368 e. The Kier molecular flexibility index (Phi) is 3.83. The molecule has 2 heterocycles. The normalized spacial score (nSPS) is 19.6. The Morgan fingerprint density at radius 1 is 1.25 bits per heavy atom. The monoisotopic (exact) mass is 270 g/mol. The topological polar surface area (TPSA) is 41.0 Å². The molecule has 1 aromatic heterocycles. The van der Waals surface area contributed by atoms with Gasteiger partial charge in [-0.25, -0.2) is 0 Å². The number of aryl methyl sites for hydroxylation is 1. The van der Waals surface area contributed by atoms with Crippen LogP contribution in [0, 0.1) is 12.8 Å². The summed E-state index contributed by atoms with van der Waals surface area (Å²) in [6.45, 7) is 8.80. The first kappa shape index (κ1) is 13.3. The molecule has 0 saturated carbocycles. The molecule has 1 N–H and O–H groups in total. The number of anilines is 1. The maximum absolute atomic E-state index is 4.33. The maximum Gasteiger partial charge on any atom is 0.156 e. The highest BCUT2D eigenvalue weighted by Gasteiger charge is 2.21. The second-order valence-electron chi connectivity index (χ2n) is 5.61. The van der Waals surface area contributed by atoms with E-state index < -0.39 is 0 Å². The summed E-state index contributed by atoms with van der Waals surface area (Å²) in [5, 5.41) is 14.5. The van der Waals surface area contributed by atoms with E-state index in [2.05, 4.69) is 51.6 Å². The molecule has 1 atom stereocenters. The number of rotatable bonds is 4. The SMILES string of the molecule is CCN1CCC(CNc2nnc(C)c3ccccc23)C1. The standard InChI is InChI=1S/C16H22N4/c1-3-20-9-8-13(11-20)10-17-16-15-7-5-4-6-14(15)12(2)18-19-16/h4-7,13H,3,8-11H2,1-2H3,(H,17,19). The third-order valence-corrected chi connectivity index (χ3v) is 4.25. The molecule has 20 heavy (non-hydrogen) atoms. The Morgan fingerprint density at radius 2 is 2.05 bits per heavy atom. The number of fused-ring (bicyclic) bond motifs is 1. The minimum Gasteiger partial charge on any atom is -0.368 e.